The zero-order valence-electron chi connectivity index (χ0n) is 8.63. The number of hydrogen-bond acceptors (Lipinski definition) is 4. The maximum absolute atomic E-state index is 11.4. The first-order valence-corrected chi connectivity index (χ1v) is 4.93. The zero-order chi connectivity index (χ0) is 11.2. The fourth-order valence-electron chi connectivity index (χ4n) is 1.28. The molecule has 0 aromatic carbocycles. The van der Waals surface area contributed by atoms with E-state index in [1.54, 1.807) is 18.6 Å². The third-order valence-electron chi connectivity index (χ3n) is 2.02. The number of amides is 1. The van der Waals surface area contributed by atoms with Gasteiger partial charge in [0.05, 0.1) is 6.20 Å². The largest absolute Gasteiger partial charge is 0.354 e. The number of carbonyl (C=O) groups excluding carboxylic acids is 1. The van der Waals surface area contributed by atoms with E-state index in [4.69, 9.17) is 0 Å². The molecule has 2 heterocycles. The monoisotopic (exact) mass is 220 g/mol. The fourth-order valence-corrected chi connectivity index (χ4v) is 1.28. The van der Waals surface area contributed by atoms with E-state index in [1.807, 2.05) is 0 Å². The molecule has 84 valence electrons. The van der Waals surface area contributed by atoms with Crippen molar-refractivity contribution >= 4 is 5.91 Å². The maximum Gasteiger partial charge on any atom is 0.241 e. The average molecular weight is 220 g/mol. The molecule has 7 heteroatoms. The highest BCUT2D eigenvalue weighted by Crippen LogP contribution is 1.88. The Kier molecular flexibility index (Phi) is 3.27. The number of aromatic nitrogens is 5. The summed E-state index contributed by atoms with van der Waals surface area (Å²) in [5.74, 6) is 0.776. The van der Waals surface area contributed by atoms with Crippen molar-refractivity contribution in [3.05, 3.63) is 30.6 Å². The lowest BCUT2D eigenvalue weighted by Crippen LogP contribution is -2.29. The van der Waals surface area contributed by atoms with Crippen molar-refractivity contribution in [1.82, 2.24) is 30.3 Å². The second-order valence-electron chi connectivity index (χ2n) is 3.24. The number of nitrogens with one attached hydrogen (secondary N) is 2. The topological polar surface area (TPSA) is 88.5 Å². The number of carbonyl (C=O) groups is 1. The van der Waals surface area contributed by atoms with Crippen LogP contribution in [0.3, 0.4) is 0 Å². The first-order chi connectivity index (χ1) is 7.84. The molecule has 2 aromatic rings. The molecule has 1 amide bonds. The van der Waals surface area contributed by atoms with Gasteiger partial charge >= 0.3 is 0 Å². The predicted molar refractivity (Wildman–Crippen MR) is 55.3 cm³/mol. The van der Waals surface area contributed by atoms with Gasteiger partial charge in [0.15, 0.2) is 0 Å². The van der Waals surface area contributed by atoms with Gasteiger partial charge in [0, 0.05) is 31.6 Å². The molecule has 0 bridgehead atoms. The van der Waals surface area contributed by atoms with Crippen LogP contribution in [0.1, 0.15) is 5.82 Å². The van der Waals surface area contributed by atoms with Crippen LogP contribution in [0.4, 0.5) is 0 Å². The predicted octanol–water partition coefficient (Wildman–Crippen LogP) is -0.640. The SMILES string of the molecule is O=C(Cn1ccnn1)NCCc1ncc[nH]1. The van der Waals surface area contributed by atoms with Gasteiger partial charge in [-0.25, -0.2) is 9.67 Å². The third-order valence-corrected chi connectivity index (χ3v) is 2.02. The highest BCUT2D eigenvalue weighted by atomic mass is 16.2. The van der Waals surface area contributed by atoms with Gasteiger partial charge in [-0.2, -0.15) is 0 Å². The van der Waals surface area contributed by atoms with Crippen molar-refractivity contribution in [3.8, 4) is 0 Å². The van der Waals surface area contributed by atoms with Crippen LogP contribution < -0.4 is 5.32 Å². The zero-order valence-corrected chi connectivity index (χ0v) is 8.63. The summed E-state index contributed by atoms with van der Waals surface area (Å²) in [6, 6.07) is 0. The van der Waals surface area contributed by atoms with E-state index < -0.39 is 0 Å². The average Bonchev–Trinajstić information content (AvgIpc) is 2.90. The van der Waals surface area contributed by atoms with E-state index in [0.29, 0.717) is 13.0 Å². The molecule has 0 spiro atoms. The third kappa shape index (κ3) is 2.91. The van der Waals surface area contributed by atoms with Gasteiger partial charge in [-0.3, -0.25) is 4.79 Å². The second kappa shape index (κ2) is 5.06. The molecule has 16 heavy (non-hydrogen) atoms. The first kappa shape index (κ1) is 10.3. The minimum absolute atomic E-state index is 0.0861. The van der Waals surface area contributed by atoms with E-state index in [9.17, 15) is 4.79 Å². The molecule has 0 saturated carbocycles. The Hall–Kier alpha value is -2.18. The highest BCUT2D eigenvalue weighted by Gasteiger charge is 2.02. The molecule has 7 nitrogen and oxygen atoms in total. The second-order valence-corrected chi connectivity index (χ2v) is 3.24. The molecule has 2 N–H and O–H groups in total. The van der Waals surface area contributed by atoms with Crippen molar-refractivity contribution < 1.29 is 4.79 Å². The van der Waals surface area contributed by atoms with Crippen molar-refractivity contribution in [3.63, 3.8) is 0 Å². The molecule has 0 radical (unpaired) electrons. The smallest absolute Gasteiger partial charge is 0.241 e. The maximum atomic E-state index is 11.4. The van der Waals surface area contributed by atoms with E-state index >= 15 is 0 Å². The lowest BCUT2D eigenvalue weighted by molar-refractivity contribution is -0.121. The summed E-state index contributed by atoms with van der Waals surface area (Å²) in [5, 5.41) is 10.1. The van der Waals surface area contributed by atoms with Crippen LogP contribution in [0, 0.1) is 0 Å². The normalized spacial score (nSPS) is 10.2. The van der Waals surface area contributed by atoms with E-state index in [1.165, 1.54) is 10.9 Å². The summed E-state index contributed by atoms with van der Waals surface area (Å²) < 4.78 is 1.47. The number of nitrogens with zero attached hydrogens (tertiary/aromatic N) is 4. The van der Waals surface area contributed by atoms with Crippen LogP contribution >= 0.6 is 0 Å². The number of imidazole rings is 1. The molecule has 0 fully saturated rings. The van der Waals surface area contributed by atoms with Crippen LogP contribution in [0.2, 0.25) is 0 Å². The number of H-pyrrole nitrogens is 1. The first-order valence-electron chi connectivity index (χ1n) is 4.93. The van der Waals surface area contributed by atoms with Gasteiger partial charge in [-0.15, -0.1) is 5.10 Å². The molecule has 0 atom stereocenters. The van der Waals surface area contributed by atoms with Gasteiger partial charge in [-0.1, -0.05) is 5.21 Å². The van der Waals surface area contributed by atoms with Crippen LogP contribution in [0.25, 0.3) is 0 Å². The Labute approximate surface area is 91.9 Å². The van der Waals surface area contributed by atoms with Crippen molar-refractivity contribution in [2.24, 2.45) is 0 Å². The Morgan fingerprint density at radius 3 is 3.12 bits per heavy atom. The van der Waals surface area contributed by atoms with Crippen LogP contribution in [0.5, 0.6) is 0 Å². The lowest BCUT2D eigenvalue weighted by Gasteiger charge is -2.03. The molecular formula is C9H12N6O. The molecule has 0 saturated heterocycles. The summed E-state index contributed by atoms with van der Waals surface area (Å²) in [5.41, 5.74) is 0. The lowest BCUT2D eigenvalue weighted by atomic mass is 10.4. The molecule has 0 aliphatic rings. The Morgan fingerprint density at radius 2 is 2.44 bits per heavy atom. The van der Waals surface area contributed by atoms with Crippen LogP contribution in [-0.4, -0.2) is 37.4 Å². The molecule has 2 aromatic heterocycles. The molecular weight excluding hydrogens is 208 g/mol. The van der Waals surface area contributed by atoms with Crippen LogP contribution in [0.15, 0.2) is 24.8 Å². The number of hydrogen-bond donors (Lipinski definition) is 2. The minimum Gasteiger partial charge on any atom is -0.354 e. The van der Waals surface area contributed by atoms with E-state index in [-0.39, 0.29) is 12.5 Å². The quantitative estimate of drug-likeness (QED) is 0.701. The summed E-state index contributed by atoms with van der Waals surface area (Å²) in [6.45, 7) is 0.749. The summed E-state index contributed by atoms with van der Waals surface area (Å²) in [4.78, 5) is 18.4. The number of aromatic amines is 1. The Balaban J connectivity index is 1.68. The van der Waals surface area contributed by atoms with Crippen LogP contribution in [-0.2, 0) is 17.8 Å². The number of rotatable bonds is 5. The Bertz CT molecular complexity index is 421. The van der Waals surface area contributed by atoms with Gasteiger partial charge in [0.25, 0.3) is 0 Å². The van der Waals surface area contributed by atoms with Crippen molar-refractivity contribution in [1.29, 1.82) is 0 Å². The van der Waals surface area contributed by atoms with Crippen molar-refractivity contribution in [2.75, 3.05) is 6.54 Å². The molecule has 0 aliphatic heterocycles. The molecule has 0 unspecified atom stereocenters. The summed E-state index contributed by atoms with van der Waals surface area (Å²) >= 11 is 0. The van der Waals surface area contributed by atoms with E-state index in [0.717, 1.165) is 5.82 Å². The summed E-state index contributed by atoms with van der Waals surface area (Å²) in [6.07, 6.45) is 7.32. The Morgan fingerprint density at radius 1 is 1.50 bits per heavy atom. The van der Waals surface area contributed by atoms with Gasteiger partial charge < -0.3 is 10.3 Å². The highest BCUT2D eigenvalue weighted by molar-refractivity contribution is 5.75. The van der Waals surface area contributed by atoms with E-state index in [2.05, 4.69) is 25.6 Å². The van der Waals surface area contributed by atoms with Crippen molar-refractivity contribution in [2.45, 2.75) is 13.0 Å². The molecule has 0 aliphatic carbocycles. The molecule has 2 rings (SSSR count). The van der Waals surface area contributed by atoms with Gasteiger partial charge in [-0.05, 0) is 0 Å². The standard InChI is InChI=1S/C9H12N6O/c16-9(7-15-6-5-13-14-15)12-2-1-8-10-3-4-11-8/h3-6H,1-2,7H2,(H,10,11)(H,12,16). The van der Waals surface area contributed by atoms with Gasteiger partial charge in [0.1, 0.15) is 12.4 Å². The summed E-state index contributed by atoms with van der Waals surface area (Å²) in [7, 11) is 0. The van der Waals surface area contributed by atoms with Gasteiger partial charge in [0.2, 0.25) is 5.91 Å². The minimum atomic E-state index is -0.0861. The fraction of sp³-hybridized carbons (Fsp3) is 0.333.